The maximum atomic E-state index is 10.4. The Morgan fingerprint density at radius 2 is 1.29 bits per heavy atom. The monoisotopic (exact) mass is 492 g/mol. The SMILES string of the molecule is O=C(O)COCCOCCOCc1cccc(C(OCCOCCOCCO)c2ccccc2)c1. The van der Waals surface area contributed by atoms with Crippen molar-refractivity contribution in [2.75, 3.05) is 72.7 Å². The lowest BCUT2D eigenvalue weighted by atomic mass is 9.99. The largest absolute Gasteiger partial charge is 0.480 e. The van der Waals surface area contributed by atoms with Gasteiger partial charge in [0.05, 0.1) is 72.7 Å². The van der Waals surface area contributed by atoms with Gasteiger partial charge in [-0.1, -0.05) is 54.6 Å². The fraction of sp³-hybridized carbons (Fsp3) is 0.500. The lowest BCUT2D eigenvalue weighted by molar-refractivity contribution is -0.142. The van der Waals surface area contributed by atoms with Crippen LogP contribution in [0.15, 0.2) is 54.6 Å². The van der Waals surface area contributed by atoms with Gasteiger partial charge >= 0.3 is 5.97 Å². The Morgan fingerprint density at radius 1 is 0.686 bits per heavy atom. The van der Waals surface area contributed by atoms with Gasteiger partial charge in [0.25, 0.3) is 0 Å². The normalized spacial score (nSPS) is 12.0. The number of aliphatic hydroxyl groups is 1. The second-order valence-electron chi connectivity index (χ2n) is 7.47. The Morgan fingerprint density at radius 3 is 1.97 bits per heavy atom. The minimum atomic E-state index is -0.996. The molecule has 0 saturated heterocycles. The van der Waals surface area contributed by atoms with Gasteiger partial charge in [0.15, 0.2) is 0 Å². The molecule has 0 amide bonds. The molecule has 9 heteroatoms. The van der Waals surface area contributed by atoms with Crippen LogP contribution in [0.3, 0.4) is 0 Å². The molecule has 194 valence electrons. The van der Waals surface area contributed by atoms with Crippen LogP contribution in [-0.4, -0.2) is 88.9 Å². The van der Waals surface area contributed by atoms with Gasteiger partial charge in [-0.25, -0.2) is 4.79 Å². The van der Waals surface area contributed by atoms with Crippen molar-refractivity contribution in [3.8, 4) is 0 Å². The maximum Gasteiger partial charge on any atom is 0.329 e. The molecule has 2 aromatic rings. The molecular weight excluding hydrogens is 456 g/mol. The van der Waals surface area contributed by atoms with Crippen molar-refractivity contribution < 1.29 is 43.4 Å². The highest BCUT2D eigenvalue weighted by molar-refractivity contribution is 5.67. The van der Waals surface area contributed by atoms with Crippen LogP contribution in [0.2, 0.25) is 0 Å². The van der Waals surface area contributed by atoms with E-state index in [1.807, 2.05) is 48.5 Å². The van der Waals surface area contributed by atoms with Crippen LogP contribution in [-0.2, 0) is 39.8 Å². The number of ether oxygens (including phenoxy) is 6. The number of hydrogen-bond acceptors (Lipinski definition) is 8. The van der Waals surface area contributed by atoms with Gasteiger partial charge in [-0.2, -0.15) is 0 Å². The summed E-state index contributed by atoms with van der Waals surface area (Å²) in [7, 11) is 0. The fourth-order valence-electron chi connectivity index (χ4n) is 3.16. The molecule has 35 heavy (non-hydrogen) atoms. The molecule has 0 radical (unpaired) electrons. The summed E-state index contributed by atoms with van der Waals surface area (Å²) in [5.41, 5.74) is 3.10. The summed E-state index contributed by atoms with van der Waals surface area (Å²) in [5, 5.41) is 17.2. The van der Waals surface area contributed by atoms with Crippen LogP contribution >= 0.6 is 0 Å². The van der Waals surface area contributed by atoms with E-state index in [0.29, 0.717) is 59.5 Å². The standard InChI is InChI=1S/C26H36O9/c27-9-10-30-11-12-32-17-18-35-26(23-6-2-1-3-7-23)24-8-4-5-22(19-24)20-33-15-13-31-14-16-34-21-25(28)29/h1-8,19,26-27H,9-18,20-21H2,(H,28,29). The smallest absolute Gasteiger partial charge is 0.329 e. The molecule has 9 nitrogen and oxygen atoms in total. The van der Waals surface area contributed by atoms with E-state index in [1.54, 1.807) is 0 Å². The molecule has 0 fully saturated rings. The molecule has 0 aliphatic rings. The summed E-state index contributed by atoms with van der Waals surface area (Å²) in [6.07, 6.45) is -0.237. The van der Waals surface area contributed by atoms with Crippen molar-refractivity contribution in [2.45, 2.75) is 12.7 Å². The van der Waals surface area contributed by atoms with Crippen LogP contribution in [0.25, 0.3) is 0 Å². The molecule has 0 aromatic heterocycles. The van der Waals surface area contributed by atoms with E-state index in [0.717, 1.165) is 16.7 Å². The summed E-state index contributed by atoms with van der Waals surface area (Å²) in [5.74, 6) is -0.996. The van der Waals surface area contributed by atoms with E-state index in [9.17, 15) is 4.79 Å². The highest BCUT2D eigenvalue weighted by Crippen LogP contribution is 2.26. The van der Waals surface area contributed by atoms with Crippen LogP contribution in [0.1, 0.15) is 22.8 Å². The van der Waals surface area contributed by atoms with Crippen LogP contribution in [0, 0.1) is 0 Å². The molecule has 2 N–H and O–H groups in total. The summed E-state index contributed by atoms with van der Waals surface area (Å²) >= 11 is 0. The van der Waals surface area contributed by atoms with Crippen molar-refractivity contribution in [3.63, 3.8) is 0 Å². The number of carboxylic acids is 1. The molecule has 0 saturated carbocycles. The summed E-state index contributed by atoms with van der Waals surface area (Å²) in [6.45, 7) is 3.56. The molecule has 0 aliphatic heterocycles. The number of aliphatic carboxylic acids is 1. The number of carboxylic acid groups (broad SMARTS) is 1. The van der Waals surface area contributed by atoms with Gasteiger partial charge in [0.1, 0.15) is 12.7 Å². The van der Waals surface area contributed by atoms with Gasteiger partial charge in [-0.05, 0) is 16.7 Å². The van der Waals surface area contributed by atoms with E-state index < -0.39 is 5.97 Å². The minimum Gasteiger partial charge on any atom is -0.480 e. The fourth-order valence-corrected chi connectivity index (χ4v) is 3.16. The molecule has 2 rings (SSSR count). The zero-order valence-corrected chi connectivity index (χ0v) is 20.0. The Hall–Kier alpha value is -2.37. The van der Waals surface area contributed by atoms with Crippen LogP contribution < -0.4 is 0 Å². The first kappa shape index (κ1) is 28.9. The topological polar surface area (TPSA) is 113 Å². The van der Waals surface area contributed by atoms with Gasteiger partial charge in [0, 0.05) is 0 Å². The van der Waals surface area contributed by atoms with Crippen molar-refractivity contribution >= 4 is 5.97 Å². The Labute approximate surface area is 206 Å². The maximum absolute atomic E-state index is 10.4. The molecule has 1 atom stereocenters. The minimum absolute atomic E-state index is 0.00532. The molecule has 0 spiro atoms. The number of benzene rings is 2. The zero-order valence-electron chi connectivity index (χ0n) is 20.0. The summed E-state index contributed by atoms with van der Waals surface area (Å²) in [6, 6.07) is 18.1. The molecule has 0 bridgehead atoms. The third-order valence-electron chi connectivity index (χ3n) is 4.71. The number of hydrogen-bond donors (Lipinski definition) is 2. The van der Waals surface area contributed by atoms with Crippen LogP contribution in [0.4, 0.5) is 0 Å². The summed E-state index contributed by atoms with van der Waals surface area (Å²) < 4.78 is 32.9. The molecular formula is C26H36O9. The Balaban J connectivity index is 1.77. The number of rotatable bonds is 21. The van der Waals surface area contributed by atoms with Crippen molar-refractivity contribution in [1.82, 2.24) is 0 Å². The molecule has 2 aromatic carbocycles. The highest BCUT2D eigenvalue weighted by Gasteiger charge is 2.15. The zero-order chi connectivity index (χ0) is 25.0. The number of carbonyl (C=O) groups is 1. The Kier molecular flexibility index (Phi) is 15.6. The van der Waals surface area contributed by atoms with Gasteiger partial charge in [0.2, 0.25) is 0 Å². The van der Waals surface area contributed by atoms with E-state index in [2.05, 4.69) is 6.07 Å². The van der Waals surface area contributed by atoms with Gasteiger partial charge in [-0.15, -0.1) is 0 Å². The quantitative estimate of drug-likeness (QED) is 0.254. The average Bonchev–Trinajstić information content (AvgIpc) is 2.87. The lowest BCUT2D eigenvalue weighted by Gasteiger charge is -2.20. The third-order valence-corrected chi connectivity index (χ3v) is 4.71. The molecule has 0 aliphatic carbocycles. The second-order valence-corrected chi connectivity index (χ2v) is 7.47. The van der Waals surface area contributed by atoms with E-state index in [-0.39, 0.29) is 25.9 Å². The van der Waals surface area contributed by atoms with Crippen LogP contribution in [0.5, 0.6) is 0 Å². The second kappa shape index (κ2) is 18.9. The average molecular weight is 493 g/mol. The van der Waals surface area contributed by atoms with E-state index >= 15 is 0 Å². The predicted molar refractivity (Wildman–Crippen MR) is 128 cm³/mol. The van der Waals surface area contributed by atoms with Crippen molar-refractivity contribution in [1.29, 1.82) is 0 Å². The van der Waals surface area contributed by atoms with E-state index in [4.69, 9.17) is 38.6 Å². The van der Waals surface area contributed by atoms with Crippen molar-refractivity contribution in [2.24, 2.45) is 0 Å². The first-order chi connectivity index (χ1) is 17.2. The highest BCUT2D eigenvalue weighted by atomic mass is 16.6. The number of aliphatic hydroxyl groups excluding tert-OH is 1. The van der Waals surface area contributed by atoms with Gasteiger partial charge < -0.3 is 38.6 Å². The summed E-state index contributed by atoms with van der Waals surface area (Å²) in [4.78, 5) is 10.4. The van der Waals surface area contributed by atoms with E-state index in [1.165, 1.54) is 0 Å². The lowest BCUT2D eigenvalue weighted by Crippen LogP contribution is -2.14. The van der Waals surface area contributed by atoms with Crippen molar-refractivity contribution in [3.05, 3.63) is 71.3 Å². The predicted octanol–water partition coefficient (Wildman–Crippen LogP) is 2.45. The third kappa shape index (κ3) is 13.3. The Bertz CT molecular complexity index is 800. The van der Waals surface area contributed by atoms with Gasteiger partial charge in [-0.3, -0.25) is 0 Å². The molecule has 1 unspecified atom stereocenters. The first-order valence-electron chi connectivity index (χ1n) is 11.7. The molecule has 0 heterocycles. The first-order valence-corrected chi connectivity index (χ1v) is 11.7.